The van der Waals surface area contributed by atoms with Crippen molar-refractivity contribution in [3.8, 4) is 0 Å². The Morgan fingerprint density at radius 3 is 2.71 bits per heavy atom. The van der Waals surface area contributed by atoms with Crippen LogP contribution in [0.5, 0.6) is 0 Å². The van der Waals surface area contributed by atoms with E-state index in [4.69, 9.17) is 0 Å². The minimum Gasteiger partial charge on any atom is -0.314 e. The molecule has 0 amide bonds. The van der Waals surface area contributed by atoms with Crippen LogP contribution in [0.25, 0.3) is 0 Å². The van der Waals surface area contributed by atoms with Gasteiger partial charge in [0.15, 0.2) is 0 Å². The smallest absolute Gasteiger partial charge is 0.0448 e. The summed E-state index contributed by atoms with van der Waals surface area (Å²) in [5.41, 5.74) is 5.27. The molecule has 2 heteroatoms. The molecule has 0 saturated heterocycles. The summed E-state index contributed by atoms with van der Waals surface area (Å²) >= 11 is 0. The van der Waals surface area contributed by atoms with Crippen LogP contribution in [0.2, 0.25) is 0 Å². The molecule has 2 rings (SSSR count). The summed E-state index contributed by atoms with van der Waals surface area (Å²) in [7, 11) is 0. The lowest BCUT2D eigenvalue weighted by Crippen LogP contribution is -2.32. The van der Waals surface area contributed by atoms with E-state index in [0.29, 0.717) is 6.04 Å². The number of hydrogen-bond donors (Lipinski definition) is 1. The number of aryl methyl sites for hydroxylation is 3. The van der Waals surface area contributed by atoms with Crippen molar-refractivity contribution >= 4 is 0 Å². The van der Waals surface area contributed by atoms with Crippen molar-refractivity contribution in [2.75, 3.05) is 6.54 Å². The van der Waals surface area contributed by atoms with E-state index in [1.54, 1.807) is 0 Å². The zero-order chi connectivity index (χ0) is 15.1. The molecule has 0 spiro atoms. The average molecular weight is 282 g/mol. The Morgan fingerprint density at radius 2 is 2.00 bits per heavy atom. The SMILES string of the molecule is CCNC(CCc1cccc(C)c1)Cc1ncccc1C. The summed E-state index contributed by atoms with van der Waals surface area (Å²) in [5, 5.41) is 3.60. The number of hydrogen-bond acceptors (Lipinski definition) is 2. The fraction of sp³-hybridized carbons (Fsp3) is 0.421. The third-order valence-electron chi connectivity index (χ3n) is 3.91. The highest BCUT2D eigenvalue weighted by molar-refractivity contribution is 5.23. The summed E-state index contributed by atoms with van der Waals surface area (Å²) in [5.74, 6) is 0. The summed E-state index contributed by atoms with van der Waals surface area (Å²) in [4.78, 5) is 4.53. The molecular formula is C19H26N2. The Labute approximate surface area is 128 Å². The number of rotatable bonds is 7. The first-order chi connectivity index (χ1) is 10.2. The fourth-order valence-electron chi connectivity index (χ4n) is 2.74. The van der Waals surface area contributed by atoms with Gasteiger partial charge in [-0.2, -0.15) is 0 Å². The highest BCUT2D eigenvalue weighted by atomic mass is 14.9. The standard InChI is InChI=1S/C19H26N2/c1-4-20-18(14-19-16(3)8-6-12-21-19)11-10-17-9-5-7-15(2)13-17/h5-9,12-13,18,20H,4,10-11,14H2,1-3H3. The molecule has 0 bridgehead atoms. The summed E-state index contributed by atoms with van der Waals surface area (Å²) < 4.78 is 0. The van der Waals surface area contributed by atoms with E-state index in [0.717, 1.165) is 25.8 Å². The van der Waals surface area contributed by atoms with Gasteiger partial charge in [0, 0.05) is 24.4 Å². The van der Waals surface area contributed by atoms with Gasteiger partial charge in [0.05, 0.1) is 0 Å². The summed E-state index contributed by atoms with van der Waals surface area (Å²) in [6.45, 7) is 7.48. The molecule has 1 unspecified atom stereocenters. The van der Waals surface area contributed by atoms with Crippen LogP contribution in [0.1, 0.15) is 35.7 Å². The van der Waals surface area contributed by atoms with Crippen molar-refractivity contribution < 1.29 is 0 Å². The van der Waals surface area contributed by atoms with Crippen LogP contribution in [0, 0.1) is 13.8 Å². The van der Waals surface area contributed by atoms with Crippen molar-refractivity contribution in [2.45, 2.75) is 46.1 Å². The minimum atomic E-state index is 0.490. The quantitative estimate of drug-likeness (QED) is 0.834. The monoisotopic (exact) mass is 282 g/mol. The van der Waals surface area contributed by atoms with E-state index >= 15 is 0 Å². The van der Waals surface area contributed by atoms with E-state index in [1.807, 2.05) is 12.3 Å². The fourth-order valence-corrected chi connectivity index (χ4v) is 2.74. The maximum Gasteiger partial charge on any atom is 0.0448 e. The highest BCUT2D eigenvalue weighted by Gasteiger charge is 2.11. The zero-order valence-corrected chi connectivity index (χ0v) is 13.4. The number of nitrogens with one attached hydrogen (secondary N) is 1. The molecule has 0 fully saturated rings. The Morgan fingerprint density at radius 1 is 1.14 bits per heavy atom. The molecule has 1 atom stereocenters. The van der Waals surface area contributed by atoms with Gasteiger partial charge >= 0.3 is 0 Å². The maximum absolute atomic E-state index is 4.53. The van der Waals surface area contributed by atoms with Crippen molar-refractivity contribution in [3.05, 3.63) is 65.0 Å². The zero-order valence-electron chi connectivity index (χ0n) is 13.4. The predicted molar refractivity (Wildman–Crippen MR) is 89.6 cm³/mol. The van der Waals surface area contributed by atoms with Gasteiger partial charge in [0.25, 0.3) is 0 Å². The molecule has 1 aromatic heterocycles. The van der Waals surface area contributed by atoms with Gasteiger partial charge in [-0.25, -0.2) is 0 Å². The van der Waals surface area contributed by atoms with Crippen molar-refractivity contribution in [1.29, 1.82) is 0 Å². The lowest BCUT2D eigenvalue weighted by atomic mass is 9.99. The van der Waals surface area contributed by atoms with Crippen LogP contribution in [0.4, 0.5) is 0 Å². The Balaban J connectivity index is 1.97. The normalized spacial score (nSPS) is 12.3. The van der Waals surface area contributed by atoms with E-state index in [-0.39, 0.29) is 0 Å². The number of aromatic nitrogens is 1. The Hall–Kier alpha value is -1.67. The van der Waals surface area contributed by atoms with Gasteiger partial charge in [0.2, 0.25) is 0 Å². The average Bonchev–Trinajstić information content (AvgIpc) is 2.47. The van der Waals surface area contributed by atoms with Crippen LogP contribution in [-0.2, 0) is 12.8 Å². The molecule has 0 radical (unpaired) electrons. The molecule has 1 N–H and O–H groups in total. The van der Waals surface area contributed by atoms with Gasteiger partial charge in [-0.1, -0.05) is 42.8 Å². The lowest BCUT2D eigenvalue weighted by molar-refractivity contribution is 0.486. The van der Waals surface area contributed by atoms with Gasteiger partial charge in [-0.15, -0.1) is 0 Å². The van der Waals surface area contributed by atoms with Crippen LogP contribution in [0.15, 0.2) is 42.6 Å². The number of nitrogens with zero attached hydrogens (tertiary/aromatic N) is 1. The van der Waals surface area contributed by atoms with E-state index in [1.165, 1.54) is 22.4 Å². The van der Waals surface area contributed by atoms with Crippen LogP contribution >= 0.6 is 0 Å². The second-order valence-electron chi connectivity index (χ2n) is 5.75. The molecule has 0 aliphatic heterocycles. The largest absolute Gasteiger partial charge is 0.314 e. The van der Waals surface area contributed by atoms with Gasteiger partial charge in [0.1, 0.15) is 0 Å². The van der Waals surface area contributed by atoms with Crippen LogP contribution in [-0.4, -0.2) is 17.6 Å². The second-order valence-corrected chi connectivity index (χ2v) is 5.75. The molecular weight excluding hydrogens is 256 g/mol. The predicted octanol–water partition coefficient (Wildman–Crippen LogP) is 3.85. The first kappa shape index (κ1) is 15.7. The summed E-state index contributed by atoms with van der Waals surface area (Å²) in [6.07, 6.45) is 5.16. The Bertz CT molecular complexity index is 563. The first-order valence-electron chi connectivity index (χ1n) is 7.88. The summed E-state index contributed by atoms with van der Waals surface area (Å²) in [6, 6.07) is 13.5. The van der Waals surface area contributed by atoms with Gasteiger partial charge in [-0.3, -0.25) is 4.98 Å². The molecule has 0 saturated carbocycles. The third kappa shape index (κ3) is 4.98. The topological polar surface area (TPSA) is 24.9 Å². The van der Waals surface area contributed by atoms with Gasteiger partial charge < -0.3 is 5.32 Å². The first-order valence-corrected chi connectivity index (χ1v) is 7.88. The Kier molecular flexibility index (Phi) is 5.94. The van der Waals surface area contributed by atoms with Crippen molar-refractivity contribution in [1.82, 2.24) is 10.3 Å². The van der Waals surface area contributed by atoms with E-state index < -0.39 is 0 Å². The number of likely N-dealkylation sites (N-methyl/N-ethyl adjacent to an activating group) is 1. The van der Waals surface area contributed by atoms with E-state index in [9.17, 15) is 0 Å². The molecule has 1 aromatic carbocycles. The molecule has 0 aliphatic rings. The molecule has 2 aromatic rings. The molecule has 0 aliphatic carbocycles. The molecule has 2 nitrogen and oxygen atoms in total. The van der Waals surface area contributed by atoms with Crippen LogP contribution in [0.3, 0.4) is 0 Å². The van der Waals surface area contributed by atoms with E-state index in [2.05, 4.69) is 61.4 Å². The lowest BCUT2D eigenvalue weighted by Gasteiger charge is -2.18. The highest BCUT2D eigenvalue weighted by Crippen LogP contribution is 2.12. The molecule has 1 heterocycles. The second kappa shape index (κ2) is 7.94. The third-order valence-corrected chi connectivity index (χ3v) is 3.91. The molecule has 112 valence electrons. The number of pyridine rings is 1. The van der Waals surface area contributed by atoms with Crippen molar-refractivity contribution in [3.63, 3.8) is 0 Å². The van der Waals surface area contributed by atoms with Gasteiger partial charge in [-0.05, 0) is 50.4 Å². The van der Waals surface area contributed by atoms with Crippen LogP contribution < -0.4 is 5.32 Å². The molecule has 21 heavy (non-hydrogen) atoms. The minimum absolute atomic E-state index is 0.490. The number of benzene rings is 1. The maximum atomic E-state index is 4.53. The van der Waals surface area contributed by atoms with Crippen molar-refractivity contribution in [2.24, 2.45) is 0 Å².